The summed E-state index contributed by atoms with van der Waals surface area (Å²) in [6, 6.07) is 17.4. The lowest BCUT2D eigenvalue weighted by molar-refractivity contribution is -0.118. The number of amides is 1. The molecule has 2 aromatic carbocycles. The maximum absolute atomic E-state index is 13.1. The fourth-order valence-electron chi connectivity index (χ4n) is 3.63. The Hall–Kier alpha value is -3.23. The van der Waals surface area contributed by atoms with Crippen LogP contribution in [0.25, 0.3) is 11.3 Å². The summed E-state index contributed by atoms with van der Waals surface area (Å²) >= 11 is 0. The van der Waals surface area contributed by atoms with Crippen LogP contribution in [0.1, 0.15) is 28.2 Å². The lowest BCUT2D eigenvalue weighted by Crippen LogP contribution is -2.28. The van der Waals surface area contributed by atoms with E-state index in [2.05, 4.69) is 10.3 Å². The van der Waals surface area contributed by atoms with E-state index in [-0.39, 0.29) is 15.1 Å². The molecule has 1 aromatic heterocycles. The first kappa shape index (κ1) is 21.0. The van der Waals surface area contributed by atoms with Gasteiger partial charge in [0, 0.05) is 9.84 Å². The highest BCUT2D eigenvalue weighted by molar-refractivity contribution is 7.89. The third-order valence-corrected chi connectivity index (χ3v) is 6.51. The van der Waals surface area contributed by atoms with Crippen LogP contribution in [0.5, 0.6) is 5.75 Å². The molecule has 0 saturated heterocycles. The number of nitrogens with one attached hydrogen (secondary N) is 1. The van der Waals surface area contributed by atoms with Crippen molar-refractivity contribution in [2.45, 2.75) is 30.1 Å². The van der Waals surface area contributed by atoms with E-state index in [4.69, 9.17) is 9.88 Å². The number of hydrogen-bond acceptors (Lipinski definition) is 5. The minimum absolute atomic E-state index is 0. The third kappa shape index (κ3) is 4.17. The molecule has 4 rings (SSSR count). The SMILES string of the molecule is COc1ccc(C2(C(=O)Nc3ccc(C)c(-c4cccc(S(N)(=O)=O)c4)n3)CC2)cc1.[HH].[HH].[HH]. The minimum atomic E-state index is -3.83. The van der Waals surface area contributed by atoms with E-state index < -0.39 is 15.4 Å². The molecule has 3 N–H and O–H groups in total. The number of sulfonamides is 1. The van der Waals surface area contributed by atoms with E-state index in [9.17, 15) is 13.2 Å². The summed E-state index contributed by atoms with van der Waals surface area (Å²) in [5, 5.41) is 8.18. The molecule has 0 radical (unpaired) electrons. The zero-order valence-electron chi connectivity index (χ0n) is 17.3. The van der Waals surface area contributed by atoms with Gasteiger partial charge >= 0.3 is 0 Å². The van der Waals surface area contributed by atoms with E-state index in [1.54, 1.807) is 25.3 Å². The first-order chi connectivity index (χ1) is 14.7. The molecule has 0 bridgehead atoms. The van der Waals surface area contributed by atoms with Crippen molar-refractivity contribution >= 4 is 21.7 Å². The Morgan fingerprint density at radius 2 is 1.84 bits per heavy atom. The maximum atomic E-state index is 13.1. The number of primary sulfonamides is 1. The molecule has 1 fully saturated rings. The number of aryl methyl sites for hydroxylation is 1. The quantitative estimate of drug-likeness (QED) is 0.595. The number of rotatable bonds is 6. The van der Waals surface area contributed by atoms with Crippen LogP contribution in [0.15, 0.2) is 65.6 Å². The highest BCUT2D eigenvalue weighted by atomic mass is 32.2. The highest BCUT2D eigenvalue weighted by Crippen LogP contribution is 2.49. The van der Waals surface area contributed by atoms with Crippen LogP contribution in [0.2, 0.25) is 0 Å². The van der Waals surface area contributed by atoms with Gasteiger partial charge in [0.25, 0.3) is 0 Å². The van der Waals surface area contributed by atoms with Crippen LogP contribution in [-0.2, 0) is 20.2 Å². The van der Waals surface area contributed by atoms with Crippen molar-refractivity contribution in [3.05, 3.63) is 71.8 Å². The van der Waals surface area contributed by atoms with Crippen molar-refractivity contribution < 1.29 is 22.2 Å². The molecule has 0 unspecified atom stereocenters. The van der Waals surface area contributed by atoms with Crippen molar-refractivity contribution in [1.82, 2.24) is 4.98 Å². The van der Waals surface area contributed by atoms with Gasteiger partial charge in [-0.15, -0.1) is 0 Å². The molecule has 0 aliphatic heterocycles. The standard InChI is InChI=1S/C23H23N3O4S.3H2/c1-15-6-11-20(25-21(15)16-4-3-5-19(14-16)31(24,28)29)26-22(27)23(12-13-23)17-7-9-18(30-2)10-8-17;;;/h3-11,14H,12-13H2,1-2H3,(H2,24,28,29)(H,25,26,27);3*1H. The number of pyridine rings is 1. The summed E-state index contributed by atoms with van der Waals surface area (Å²) in [6.07, 6.45) is 1.53. The number of benzene rings is 2. The molecule has 3 aromatic rings. The molecular weight excluding hydrogens is 414 g/mol. The third-order valence-electron chi connectivity index (χ3n) is 5.60. The van der Waals surface area contributed by atoms with Crippen molar-refractivity contribution in [3.63, 3.8) is 0 Å². The molecule has 7 nitrogen and oxygen atoms in total. The molecule has 1 amide bonds. The predicted octanol–water partition coefficient (Wildman–Crippen LogP) is 4.12. The van der Waals surface area contributed by atoms with E-state index in [1.807, 2.05) is 37.3 Å². The second kappa shape index (κ2) is 7.79. The number of carbonyl (C=O) groups excluding carboxylic acids is 1. The fourth-order valence-corrected chi connectivity index (χ4v) is 4.19. The molecule has 1 aliphatic rings. The average molecular weight is 444 g/mol. The second-order valence-corrected chi connectivity index (χ2v) is 9.26. The Balaban J connectivity index is 0.00000193. The largest absolute Gasteiger partial charge is 0.497 e. The van der Waals surface area contributed by atoms with Gasteiger partial charge in [0.2, 0.25) is 15.9 Å². The topological polar surface area (TPSA) is 111 Å². The lowest BCUT2D eigenvalue weighted by atomic mass is 9.95. The van der Waals surface area contributed by atoms with E-state index >= 15 is 0 Å². The molecule has 8 heteroatoms. The molecule has 1 saturated carbocycles. The van der Waals surface area contributed by atoms with Gasteiger partial charge in [-0.1, -0.05) is 30.3 Å². The summed E-state index contributed by atoms with van der Waals surface area (Å²) in [7, 11) is -2.22. The van der Waals surface area contributed by atoms with Gasteiger partial charge in [0.15, 0.2) is 0 Å². The van der Waals surface area contributed by atoms with E-state index in [0.29, 0.717) is 17.1 Å². The number of nitrogens with zero attached hydrogens (tertiary/aromatic N) is 1. The van der Waals surface area contributed by atoms with Gasteiger partial charge < -0.3 is 10.1 Å². The van der Waals surface area contributed by atoms with Crippen molar-refractivity contribution in [1.29, 1.82) is 0 Å². The van der Waals surface area contributed by atoms with Gasteiger partial charge in [-0.3, -0.25) is 4.79 Å². The van der Waals surface area contributed by atoms with E-state index in [0.717, 1.165) is 29.7 Å². The molecule has 0 atom stereocenters. The summed E-state index contributed by atoms with van der Waals surface area (Å²) in [5.74, 6) is 1.04. The maximum Gasteiger partial charge on any atom is 0.238 e. The van der Waals surface area contributed by atoms with E-state index in [1.165, 1.54) is 12.1 Å². The van der Waals surface area contributed by atoms with Crippen molar-refractivity contribution in [3.8, 4) is 17.0 Å². The molecular formula is C23H29N3O4S. The Bertz CT molecular complexity index is 1260. The highest BCUT2D eigenvalue weighted by Gasteiger charge is 2.51. The van der Waals surface area contributed by atoms with Crippen LogP contribution in [0.3, 0.4) is 0 Å². The Morgan fingerprint density at radius 3 is 2.45 bits per heavy atom. The molecule has 166 valence electrons. The lowest BCUT2D eigenvalue weighted by Gasteiger charge is -2.17. The van der Waals surface area contributed by atoms with Crippen LogP contribution in [0, 0.1) is 6.92 Å². The number of anilines is 1. The number of methoxy groups -OCH3 is 1. The van der Waals surface area contributed by atoms with Crippen LogP contribution < -0.4 is 15.2 Å². The Morgan fingerprint density at radius 1 is 1.13 bits per heavy atom. The predicted molar refractivity (Wildman–Crippen MR) is 125 cm³/mol. The normalized spacial score (nSPS) is 14.7. The molecule has 1 aliphatic carbocycles. The van der Waals surface area contributed by atoms with Gasteiger partial charge in [-0.25, -0.2) is 18.5 Å². The van der Waals surface area contributed by atoms with Gasteiger partial charge in [0.1, 0.15) is 11.6 Å². The van der Waals surface area contributed by atoms with Gasteiger partial charge in [0.05, 0.1) is 23.1 Å². The number of ether oxygens (including phenoxy) is 1. The summed E-state index contributed by atoms with van der Waals surface area (Å²) in [6.45, 7) is 1.87. The summed E-state index contributed by atoms with van der Waals surface area (Å²) in [5.41, 5.74) is 2.42. The zero-order valence-corrected chi connectivity index (χ0v) is 18.1. The molecule has 31 heavy (non-hydrogen) atoms. The molecule has 1 heterocycles. The second-order valence-electron chi connectivity index (χ2n) is 7.70. The first-order valence-corrected chi connectivity index (χ1v) is 11.3. The van der Waals surface area contributed by atoms with Gasteiger partial charge in [-0.05, 0) is 61.2 Å². The average Bonchev–Trinajstić information content (AvgIpc) is 3.57. The Labute approximate surface area is 185 Å². The summed E-state index contributed by atoms with van der Waals surface area (Å²) in [4.78, 5) is 17.7. The number of aromatic nitrogens is 1. The van der Waals surface area contributed by atoms with Crippen LogP contribution in [0.4, 0.5) is 5.82 Å². The van der Waals surface area contributed by atoms with Crippen molar-refractivity contribution in [2.75, 3.05) is 12.4 Å². The fraction of sp³-hybridized carbons (Fsp3) is 0.217. The van der Waals surface area contributed by atoms with Gasteiger partial charge in [-0.2, -0.15) is 0 Å². The Kier molecular flexibility index (Phi) is 5.28. The van der Waals surface area contributed by atoms with Crippen LogP contribution in [-0.4, -0.2) is 26.4 Å². The van der Waals surface area contributed by atoms with Crippen molar-refractivity contribution in [2.24, 2.45) is 5.14 Å². The minimum Gasteiger partial charge on any atom is -0.497 e. The number of nitrogens with two attached hydrogens (primary N) is 1. The molecule has 0 spiro atoms. The summed E-state index contributed by atoms with van der Waals surface area (Å²) < 4.78 is 28.6. The van der Waals surface area contributed by atoms with Crippen LogP contribution >= 0.6 is 0 Å². The zero-order chi connectivity index (χ0) is 22.2. The smallest absolute Gasteiger partial charge is 0.238 e. The number of hydrogen-bond donors (Lipinski definition) is 2. The monoisotopic (exact) mass is 443 g/mol. The number of carbonyl (C=O) groups is 1. The first-order valence-electron chi connectivity index (χ1n) is 9.80.